The molecule has 3 aromatic rings. The smallest absolute Gasteiger partial charge is 0.246 e. The van der Waals surface area contributed by atoms with Gasteiger partial charge in [-0.2, -0.15) is 4.98 Å². The van der Waals surface area contributed by atoms with Gasteiger partial charge in [0.2, 0.25) is 27.6 Å². The summed E-state index contributed by atoms with van der Waals surface area (Å²) in [6, 6.07) is 11.7. The van der Waals surface area contributed by atoms with Crippen molar-refractivity contribution in [3.05, 3.63) is 65.3 Å². The van der Waals surface area contributed by atoms with E-state index in [0.717, 1.165) is 22.7 Å². The van der Waals surface area contributed by atoms with Crippen LogP contribution in [-0.4, -0.2) is 37.3 Å². The zero-order chi connectivity index (χ0) is 21.0. The van der Waals surface area contributed by atoms with Crippen LogP contribution in [0.3, 0.4) is 0 Å². The second-order valence-electron chi connectivity index (χ2n) is 6.01. The van der Waals surface area contributed by atoms with E-state index in [2.05, 4.69) is 15.5 Å². The normalized spacial score (nSPS) is 11.3. The van der Waals surface area contributed by atoms with Gasteiger partial charge in [0.15, 0.2) is 0 Å². The molecular weight excluding hydrogens is 423 g/mol. The SMILES string of the molecule is CS(=O)(=O)N(CC(=O)NCc1nc(-c2ccccc2Cl)no1)c1ccc(F)cc1. The number of aromatic nitrogens is 2. The highest BCUT2D eigenvalue weighted by atomic mass is 35.5. The Morgan fingerprint density at radius 2 is 1.90 bits per heavy atom. The highest BCUT2D eigenvalue weighted by molar-refractivity contribution is 7.92. The monoisotopic (exact) mass is 438 g/mol. The second kappa shape index (κ2) is 8.58. The van der Waals surface area contributed by atoms with E-state index < -0.39 is 28.3 Å². The molecule has 8 nitrogen and oxygen atoms in total. The van der Waals surface area contributed by atoms with Gasteiger partial charge in [0.1, 0.15) is 12.4 Å². The van der Waals surface area contributed by atoms with Gasteiger partial charge in [-0.3, -0.25) is 9.10 Å². The van der Waals surface area contributed by atoms with E-state index in [4.69, 9.17) is 16.1 Å². The van der Waals surface area contributed by atoms with E-state index >= 15 is 0 Å². The third kappa shape index (κ3) is 5.30. The molecule has 0 atom stereocenters. The van der Waals surface area contributed by atoms with Crippen LogP contribution in [-0.2, 0) is 21.4 Å². The standard InChI is InChI=1S/C18H16ClFN4O4S/c1-29(26,27)24(13-8-6-12(20)7-9-13)11-16(25)21-10-17-22-18(23-28-17)14-4-2-3-5-15(14)19/h2-9H,10-11H2,1H3,(H,21,25). The Morgan fingerprint density at radius 3 is 2.55 bits per heavy atom. The summed E-state index contributed by atoms with van der Waals surface area (Å²) in [4.78, 5) is 16.4. The summed E-state index contributed by atoms with van der Waals surface area (Å²) in [6.45, 7) is -0.590. The summed E-state index contributed by atoms with van der Waals surface area (Å²) < 4.78 is 43.1. The molecule has 0 aliphatic rings. The second-order valence-corrected chi connectivity index (χ2v) is 8.33. The van der Waals surface area contributed by atoms with Gasteiger partial charge in [0, 0.05) is 5.56 Å². The first-order chi connectivity index (χ1) is 13.7. The fraction of sp³-hybridized carbons (Fsp3) is 0.167. The molecule has 3 rings (SSSR count). The van der Waals surface area contributed by atoms with E-state index in [1.165, 1.54) is 12.1 Å². The molecule has 1 N–H and O–H groups in total. The highest BCUT2D eigenvalue weighted by Crippen LogP contribution is 2.24. The quantitative estimate of drug-likeness (QED) is 0.607. The summed E-state index contributed by atoms with van der Waals surface area (Å²) in [5.74, 6) is -0.723. The number of hydrogen-bond acceptors (Lipinski definition) is 6. The lowest BCUT2D eigenvalue weighted by Gasteiger charge is -2.21. The molecule has 0 aliphatic heterocycles. The summed E-state index contributed by atoms with van der Waals surface area (Å²) in [5, 5.41) is 6.78. The third-order valence-corrected chi connectivity index (χ3v) is 5.29. The molecule has 11 heteroatoms. The van der Waals surface area contributed by atoms with Gasteiger partial charge >= 0.3 is 0 Å². The topological polar surface area (TPSA) is 105 Å². The Kier molecular flexibility index (Phi) is 6.14. The number of hydrogen-bond donors (Lipinski definition) is 1. The maximum atomic E-state index is 13.1. The van der Waals surface area contributed by atoms with Gasteiger partial charge in [-0.25, -0.2) is 12.8 Å². The van der Waals surface area contributed by atoms with Gasteiger partial charge in [-0.05, 0) is 36.4 Å². The van der Waals surface area contributed by atoms with Crippen LogP contribution in [0.2, 0.25) is 5.02 Å². The van der Waals surface area contributed by atoms with Crippen LogP contribution >= 0.6 is 11.6 Å². The third-order valence-electron chi connectivity index (χ3n) is 3.82. The Bertz CT molecular complexity index is 1120. The molecule has 152 valence electrons. The molecule has 0 fully saturated rings. The summed E-state index contributed by atoms with van der Waals surface area (Å²) in [5.41, 5.74) is 0.748. The first kappa shape index (κ1) is 20.7. The number of rotatable bonds is 7. The molecule has 1 aromatic heterocycles. The molecule has 29 heavy (non-hydrogen) atoms. The van der Waals surface area contributed by atoms with Crippen molar-refractivity contribution in [2.45, 2.75) is 6.54 Å². The van der Waals surface area contributed by atoms with Crippen molar-refractivity contribution >= 4 is 33.2 Å². The fourth-order valence-electron chi connectivity index (χ4n) is 2.45. The van der Waals surface area contributed by atoms with E-state index in [1.54, 1.807) is 24.3 Å². The van der Waals surface area contributed by atoms with Crippen LogP contribution in [0.15, 0.2) is 53.1 Å². The van der Waals surface area contributed by atoms with Crippen molar-refractivity contribution < 1.29 is 22.1 Å². The van der Waals surface area contributed by atoms with Gasteiger partial charge in [0.25, 0.3) is 0 Å². The van der Waals surface area contributed by atoms with E-state index in [-0.39, 0.29) is 23.9 Å². The molecule has 0 radical (unpaired) electrons. The average Bonchev–Trinajstić information content (AvgIpc) is 3.14. The predicted octanol–water partition coefficient (Wildman–Crippen LogP) is 2.61. The zero-order valence-corrected chi connectivity index (χ0v) is 16.7. The molecule has 1 amide bonds. The molecule has 0 bridgehead atoms. The molecule has 0 saturated carbocycles. The minimum absolute atomic E-state index is 0.0999. The van der Waals surface area contributed by atoms with Crippen molar-refractivity contribution in [3.8, 4) is 11.4 Å². The Hall–Kier alpha value is -2.98. The number of nitrogens with one attached hydrogen (secondary N) is 1. The summed E-state index contributed by atoms with van der Waals surface area (Å²) >= 11 is 6.09. The lowest BCUT2D eigenvalue weighted by Crippen LogP contribution is -2.40. The predicted molar refractivity (Wildman–Crippen MR) is 105 cm³/mol. The molecule has 0 saturated heterocycles. The lowest BCUT2D eigenvalue weighted by molar-refractivity contribution is -0.119. The number of amides is 1. The molecule has 0 unspecified atom stereocenters. The van der Waals surface area contributed by atoms with E-state index in [9.17, 15) is 17.6 Å². The summed E-state index contributed by atoms with van der Waals surface area (Å²) in [7, 11) is -3.76. The molecule has 1 heterocycles. The van der Waals surface area contributed by atoms with E-state index in [0.29, 0.717) is 10.6 Å². The number of anilines is 1. The van der Waals surface area contributed by atoms with Gasteiger partial charge in [-0.1, -0.05) is 28.9 Å². The fourth-order valence-corrected chi connectivity index (χ4v) is 3.52. The number of halogens is 2. The van der Waals surface area contributed by atoms with Crippen LogP contribution in [0.25, 0.3) is 11.4 Å². The van der Waals surface area contributed by atoms with Crippen molar-refractivity contribution in [2.24, 2.45) is 0 Å². The molecule has 0 spiro atoms. The highest BCUT2D eigenvalue weighted by Gasteiger charge is 2.21. The number of sulfonamides is 1. The largest absolute Gasteiger partial charge is 0.345 e. The van der Waals surface area contributed by atoms with Gasteiger partial charge in [0.05, 0.1) is 23.5 Å². The van der Waals surface area contributed by atoms with Gasteiger partial charge in [-0.15, -0.1) is 0 Å². The number of carbonyl (C=O) groups is 1. The van der Waals surface area contributed by atoms with Crippen molar-refractivity contribution in [1.82, 2.24) is 15.5 Å². The van der Waals surface area contributed by atoms with Gasteiger partial charge < -0.3 is 9.84 Å². The van der Waals surface area contributed by atoms with Crippen LogP contribution in [0.5, 0.6) is 0 Å². The Labute approximate surface area is 171 Å². The zero-order valence-electron chi connectivity index (χ0n) is 15.2. The van der Waals surface area contributed by atoms with E-state index in [1.807, 2.05) is 0 Å². The Morgan fingerprint density at radius 1 is 1.21 bits per heavy atom. The van der Waals surface area contributed by atoms with Crippen LogP contribution in [0.4, 0.5) is 10.1 Å². The van der Waals surface area contributed by atoms with Crippen LogP contribution < -0.4 is 9.62 Å². The number of nitrogens with zero attached hydrogens (tertiary/aromatic N) is 3. The maximum Gasteiger partial charge on any atom is 0.246 e. The average molecular weight is 439 g/mol. The van der Waals surface area contributed by atoms with Crippen LogP contribution in [0.1, 0.15) is 5.89 Å². The number of carbonyl (C=O) groups excluding carboxylic acids is 1. The van der Waals surface area contributed by atoms with Crippen molar-refractivity contribution in [3.63, 3.8) is 0 Å². The maximum absolute atomic E-state index is 13.1. The molecule has 2 aromatic carbocycles. The molecule has 0 aliphatic carbocycles. The summed E-state index contributed by atoms with van der Waals surface area (Å²) in [6.07, 6.45) is 0.956. The number of benzene rings is 2. The molecular formula is C18H16ClFN4O4S. The lowest BCUT2D eigenvalue weighted by atomic mass is 10.2. The van der Waals surface area contributed by atoms with Crippen LogP contribution in [0, 0.1) is 5.82 Å². The Balaban J connectivity index is 1.66. The van der Waals surface area contributed by atoms with Crippen molar-refractivity contribution in [1.29, 1.82) is 0 Å². The minimum Gasteiger partial charge on any atom is -0.345 e. The van der Waals surface area contributed by atoms with Crippen molar-refractivity contribution in [2.75, 3.05) is 17.1 Å². The minimum atomic E-state index is -3.76. The first-order valence-electron chi connectivity index (χ1n) is 8.31. The first-order valence-corrected chi connectivity index (χ1v) is 10.5.